The molecule has 9 aromatic rings. The molecule has 88 heavy (non-hydrogen) atoms. The maximum atomic E-state index is 12.2. The van der Waals surface area contributed by atoms with E-state index in [1.54, 1.807) is 43.7 Å². The largest absolute Gasteiger partial charge is 0.477 e. The number of ether oxygens (including phenoxy) is 3. The first-order chi connectivity index (χ1) is 42.2. The number of aliphatic imine (C=N–C) groups is 1. The summed E-state index contributed by atoms with van der Waals surface area (Å²) in [4.78, 5) is 60.4. The summed E-state index contributed by atoms with van der Waals surface area (Å²) in [5.74, 6) is 1.34. The van der Waals surface area contributed by atoms with E-state index in [9.17, 15) is 14.4 Å². The molecular formula is C64H72Br2ClN13O7S. The number of ketones is 1. The van der Waals surface area contributed by atoms with Gasteiger partial charge in [0.1, 0.15) is 27.9 Å². The van der Waals surface area contributed by atoms with E-state index in [2.05, 4.69) is 101 Å². The van der Waals surface area contributed by atoms with E-state index in [1.165, 1.54) is 52.8 Å². The minimum absolute atomic E-state index is 0.0623. The van der Waals surface area contributed by atoms with Crippen molar-refractivity contribution in [3.05, 3.63) is 164 Å². The number of nitrogens with zero attached hydrogens (tertiary/aromatic N) is 8. The van der Waals surface area contributed by atoms with Gasteiger partial charge in [-0.05, 0) is 160 Å². The van der Waals surface area contributed by atoms with Gasteiger partial charge in [-0.1, -0.05) is 68.6 Å². The molecule has 4 aromatic carbocycles. The number of H-pyrrole nitrogens is 1. The van der Waals surface area contributed by atoms with Gasteiger partial charge in [-0.3, -0.25) is 14.7 Å². The van der Waals surface area contributed by atoms with Gasteiger partial charge in [0.05, 0.1) is 43.8 Å². The summed E-state index contributed by atoms with van der Waals surface area (Å²) >= 11 is 13.8. The highest BCUT2D eigenvalue weighted by Gasteiger charge is 2.26. The third-order valence-corrected chi connectivity index (χ3v) is 16.1. The molecule has 13 rings (SSSR count). The Morgan fingerprint density at radius 3 is 2.14 bits per heavy atom. The monoisotopic (exact) mass is 1360 g/mol. The van der Waals surface area contributed by atoms with Crippen LogP contribution in [0.3, 0.4) is 0 Å². The number of hydrogen-bond acceptors (Lipinski definition) is 18. The molecule has 8 N–H and O–H groups in total. The molecule has 0 amide bonds. The second-order valence-electron chi connectivity index (χ2n) is 21.9. The van der Waals surface area contributed by atoms with Crippen LogP contribution in [0.25, 0.3) is 37.5 Å². The van der Waals surface area contributed by atoms with E-state index < -0.39 is 17.7 Å². The number of anilines is 4. The Morgan fingerprint density at radius 2 is 1.50 bits per heavy atom. The lowest BCUT2D eigenvalue weighted by Gasteiger charge is -2.38. The number of aromatic amines is 1. The first-order valence-corrected chi connectivity index (χ1v) is 31.5. The Morgan fingerprint density at radius 1 is 0.795 bits per heavy atom. The van der Waals surface area contributed by atoms with Crippen molar-refractivity contribution in [2.24, 2.45) is 16.5 Å². The van der Waals surface area contributed by atoms with Gasteiger partial charge in [0.15, 0.2) is 5.78 Å². The Kier molecular flexibility index (Phi) is 24.4. The van der Waals surface area contributed by atoms with E-state index in [0.717, 1.165) is 117 Å². The molecule has 20 nitrogen and oxygen atoms in total. The number of halogens is 3. The molecule has 3 aliphatic heterocycles. The van der Waals surface area contributed by atoms with Gasteiger partial charge in [-0.15, -0.1) is 11.3 Å². The molecule has 4 aliphatic rings. The highest BCUT2D eigenvalue weighted by atomic mass is 79.9. The summed E-state index contributed by atoms with van der Waals surface area (Å²) in [5, 5.41) is 22.2. The van der Waals surface area contributed by atoms with Gasteiger partial charge in [-0.25, -0.2) is 29.5 Å². The number of carbonyl (C=O) groups excluding carboxylic acids is 2. The Bertz CT molecular complexity index is 3770. The minimum atomic E-state index is -0.864. The molecular weight excluding hydrogens is 1290 g/mol. The zero-order chi connectivity index (χ0) is 62.7. The second kappa shape index (κ2) is 32.2. The predicted octanol–water partition coefficient (Wildman–Crippen LogP) is 13.8. The van der Waals surface area contributed by atoms with Crippen molar-refractivity contribution < 1.29 is 33.7 Å². The third kappa shape index (κ3) is 20.6. The number of aryl methyl sites for hydroxylation is 1. The van der Waals surface area contributed by atoms with E-state index in [1.807, 2.05) is 107 Å². The number of hydrogen-bond donors (Lipinski definition) is 6. The highest BCUT2D eigenvalue weighted by Crippen LogP contribution is 2.29. The van der Waals surface area contributed by atoms with Crippen molar-refractivity contribution in [1.82, 2.24) is 39.6 Å². The maximum absolute atomic E-state index is 12.2. The fourth-order valence-corrected chi connectivity index (χ4v) is 11.5. The quantitative estimate of drug-likeness (QED) is 0.0609. The molecule has 462 valence electrons. The van der Waals surface area contributed by atoms with E-state index in [4.69, 9.17) is 42.4 Å². The van der Waals surface area contributed by atoms with Gasteiger partial charge in [0, 0.05) is 105 Å². The zero-order valence-electron chi connectivity index (χ0n) is 49.6. The van der Waals surface area contributed by atoms with Crippen molar-refractivity contribution in [3.63, 3.8) is 0 Å². The Labute approximate surface area is 536 Å². The number of morpholine rings is 1. The van der Waals surface area contributed by atoms with Crippen LogP contribution >= 0.6 is 54.8 Å². The number of aromatic carboxylic acids is 1. The number of carbonyl (C=O) groups is 3. The van der Waals surface area contributed by atoms with Gasteiger partial charge < -0.3 is 46.4 Å². The summed E-state index contributed by atoms with van der Waals surface area (Å²) in [7, 11) is 0. The van der Waals surface area contributed by atoms with Crippen molar-refractivity contribution in [1.29, 1.82) is 0 Å². The lowest BCUT2D eigenvalue weighted by Crippen LogP contribution is -2.47. The normalized spacial score (nSPS) is 17.1. The smallest absolute Gasteiger partial charge is 0.435 e. The Hall–Kier alpha value is -7.32. The summed E-state index contributed by atoms with van der Waals surface area (Å²) in [6.07, 6.45) is 14.6. The van der Waals surface area contributed by atoms with E-state index in [0.29, 0.717) is 34.0 Å². The number of Topliss-reactive ketones (excluding diaryl/α,β-unsaturated/α-hetero) is 1. The number of carboxylic acids is 1. The average molecular weight is 1360 g/mol. The number of fused-ring (bicyclic) bond motifs is 3. The van der Waals surface area contributed by atoms with Crippen molar-refractivity contribution in [3.8, 4) is 0 Å². The van der Waals surface area contributed by atoms with Crippen LogP contribution in [-0.2, 0) is 14.2 Å². The predicted molar refractivity (Wildman–Crippen MR) is 358 cm³/mol. The number of rotatable bonds is 8. The van der Waals surface area contributed by atoms with Gasteiger partial charge in [0.25, 0.3) is 0 Å². The molecule has 8 heterocycles. The molecule has 0 spiro atoms. The summed E-state index contributed by atoms with van der Waals surface area (Å²) in [5.41, 5.74) is 17.3. The van der Waals surface area contributed by atoms with Crippen LogP contribution < -0.4 is 22.1 Å². The number of benzene rings is 4. The topological polar surface area (TPSA) is 276 Å². The molecule has 3 unspecified atom stereocenters. The fraction of sp³-hybridized carbons (Fsp3) is 0.328. The first-order valence-electron chi connectivity index (χ1n) is 28.7. The number of nitrogens with one attached hydrogen (secondary N) is 3. The molecule has 24 heteroatoms. The molecule has 0 bridgehead atoms. The van der Waals surface area contributed by atoms with Gasteiger partial charge >= 0.3 is 12.1 Å². The van der Waals surface area contributed by atoms with Gasteiger partial charge in [-0.2, -0.15) is 9.78 Å². The lowest BCUT2D eigenvalue weighted by molar-refractivity contribution is 0.00686. The highest BCUT2D eigenvalue weighted by molar-refractivity contribution is 9.10. The van der Waals surface area contributed by atoms with Crippen LogP contribution in [0.2, 0.25) is 5.28 Å². The molecule has 1 saturated carbocycles. The molecule has 1 aliphatic carbocycles. The number of nitrogens with two attached hydrogens (primary N) is 2. The molecule has 3 atom stereocenters. The van der Waals surface area contributed by atoms with Crippen LogP contribution in [0.1, 0.15) is 91.3 Å². The minimum Gasteiger partial charge on any atom is -0.477 e. The van der Waals surface area contributed by atoms with E-state index >= 15 is 0 Å². The van der Waals surface area contributed by atoms with Crippen LogP contribution in [0, 0.1) is 6.92 Å². The first kappa shape index (κ1) is 66.6. The van der Waals surface area contributed by atoms with E-state index in [-0.39, 0.29) is 11.1 Å². The maximum Gasteiger partial charge on any atom is 0.435 e. The van der Waals surface area contributed by atoms with Crippen molar-refractivity contribution >= 4 is 139 Å². The SMILES string of the molecule is CC(=O)c1cc2ccc(Br)cc2[nH]1.CC(C)(C)OC(=O)n1ncc2cc(Nc3ccnc(Cl)n3)ccc21.Cc1nccc(Nc2ccc(C3=CCN=C3)cc2)n1.NC1CCCC(N2CCOCC2)C1.NC1CCOC1.O=C(O)c1cc2ccc(Br)cc2s1. The molecule has 0 radical (unpaired) electrons. The lowest BCUT2D eigenvalue weighted by atomic mass is 9.90. The second-order valence-corrected chi connectivity index (χ2v) is 25.2. The number of carboxylic acid groups (broad SMARTS) is 1. The summed E-state index contributed by atoms with van der Waals surface area (Å²) in [6, 6.07) is 34.0. The average Bonchev–Trinajstić information content (AvgIpc) is 2.95. The molecule has 3 fully saturated rings. The number of thiophene rings is 1. The third-order valence-electron chi connectivity index (χ3n) is 13.8. The number of allylic oxidation sites excluding steroid dienone is 1. The standard InChI is InChI=1S/C16H16ClN5O2.C15H14N4.C10H8BrNO.C10H20N2O.C9H5BrO2S.C4H9NO/c1-16(2,3)24-15(23)22-12-5-4-11(8-10(12)9-19-22)20-13-6-7-18-14(17)21-13;1-11-17-9-7-15(18-11)19-14-4-2-12(3-5-14)13-6-8-16-10-13;1-6(13)9-4-7-2-3-8(11)5-10(7)12-9;11-9-2-1-3-10(8-9)12-4-6-13-7-5-12;10-6-2-1-5-3-8(9(11)12)13-7(5)4-6;5-4-1-2-6-3-4/h4-9H,1-3H3,(H,18,20,21);2-7,9-10H,8H2,1H3,(H,17,18,19);2-5,12H,1H3;9-10H,1-8,11H2;1-4H,(H,11,12);4H,1-3,5H2. The molecule has 2 saturated heterocycles. The van der Waals surface area contributed by atoms with Crippen molar-refractivity contribution in [2.45, 2.75) is 90.4 Å². The van der Waals surface area contributed by atoms with Crippen LogP contribution in [-0.4, -0.2) is 139 Å². The van der Waals surface area contributed by atoms with Crippen molar-refractivity contribution in [2.75, 3.05) is 56.7 Å². The summed E-state index contributed by atoms with van der Waals surface area (Å²) in [6.45, 7) is 15.3. The van der Waals surface area contributed by atoms with Crippen LogP contribution in [0.5, 0.6) is 0 Å². The summed E-state index contributed by atoms with van der Waals surface area (Å²) < 4.78 is 19.8. The van der Waals surface area contributed by atoms with Crippen LogP contribution in [0.15, 0.2) is 142 Å². The number of aromatic nitrogens is 7. The fourth-order valence-electron chi connectivity index (χ4n) is 9.51. The Balaban J connectivity index is 0.000000142. The molecule has 5 aromatic heterocycles. The van der Waals surface area contributed by atoms with Gasteiger partial charge in [0.2, 0.25) is 5.28 Å². The van der Waals surface area contributed by atoms with Crippen LogP contribution in [0.4, 0.5) is 27.8 Å². The zero-order valence-corrected chi connectivity index (χ0v) is 54.3.